The number of fused-ring (bicyclic) bond motifs is 1. The molecule has 0 fully saturated rings. The van der Waals surface area contributed by atoms with Gasteiger partial charge in [-0.05, 0) is 5.92 Å². The second kappa shape index (κ2) is 6.41. The van der Waals surface area contributed by atoms with Crippen LogP contribution in [-0.4, -0.2) is 23.2 Å². The van der Waals surface area contributed by atoms with E-state index in [1.165, 1.54) is 6.20 Å². The highest BCUT2D eigenvalue weighted by Crippen LogP contribution is 2.53. The maximum Gasteiger partial charge on any atom is 0.222 e. The molecule has 4 N–H and O–H groups in total. The molecular weight excluding hydrogens is 355 g/mol. The van der Waals surface area contributed by atoms with Gasteiger partial charge >= 0.3 is 0 Å². The van der Waals surface area contributed by atoms with Gasteiger partial charge < -0.3 is 25.7 Å². The van der Waals surface area contributed by atoms with Crippen molar-refractivity contribution in [2.45, 2.75) is 19.8 Å². The third kappa shape index (κ3) is 2.85. The van der Waals surface area contributed by atoms with Gasteiger partial charge in [0.25, 0.3) is 0 Å². The molecule has 24 heavy (non-hydrogen) atoms. The molecule has 1 aromatic carbocycles. The van der Waals surface area contributed by atoms with Gasteiger partial charge in [-0.15, -0.1) is 0 Å². The van der Waals surface area contributed by atoms with Crippen molar-refractivity contribution in [3.05, 3.63) is 21.8 Å². The Morgan fingerprint density at radius 1 is 1.12 bits per heavy atom. The summed E-state index contributed by atoms with van der Waals surface area (Å²) >= 11 is 12.7. The number of ether oxygens (including phenoxy) is 3. The van der Waals surface area contributed by atoms with Crippen LogP contribution in [0.25, 0.3) is 0 Å². The average Bonchev–Trinajstić information content (AvgIpc) is 2.54. The van der Waals surface area contributed by atoms with E-state index in [1.807, 2.05) is 13.8 Å². The lowest BCUT2D eigenvalue weighted by Crippen LogP contribution is -2.18. The molecule has 0 atom stereocenters. The Kier molecular flexibility index (Phi) is 4.47. The third-order valence-corrected chi connectivity index (χ3v) is 4.27. The molecule has 7 nitrogen and oxygen atoms in total. The summed E-state index contributed by atoms with van der Waals surface area (Å²) in [5, 5.41) is 0.432. The van der Waals surface area contributed by atoms with Crippen molar-refractivity contribution in [2.75, 3.05) is 24.7 Å². The number of halogens is 2. The van der Waals surface area contributed by atoms with E-state index in [4.69, 9.17) is 48.9 Å². The molecular formula is C15H16Cl2N4O3. The van der Waals surface area contributed by atoms with Crippen LogP contribution in [0, 0.1) is 0 Å². The van der Waals surface area contributed by atoms with E-state index < -0.39 is 0 Å². The highest BCUT2D eigenvalue weighted by Gasteiger charge is 2.30. The van der Waals surface area contributed by atoms with Crippen molar-refractivity contribution >= 4 is 35.0 Å². The molecule has 3 rings (SSSR count). The summed E-state index contributed by atoms with van der Waals surface area (Å²) in [6, 6.07) is 0. The quantitative estimate of drug-likeness (QED) is 0.849. The van der Waals surface area contributed by atoms with Gasteiger partial charge in [-0.1, -0.05) is 37.0 Å². The molecule has 2 aromatic rings. The summed E-state index contributed by atoms with van der Waals surface area (Å²) < 4.78 is 17.2. The first-order valence-electron chi connectivity index (χ1n) is 7.26. The van der Waals surface area contributed by atoms with E-state index in [2.05, 4.69) is 9.97 Å². The predicted octanol–water partition coefficient (Wildman–Crippen LogP) is 3.63. The van der Waals surface area contributed by atoms with Crippen molar-refractivity contribution in [3.63, 3.8) is 0 Å². The van der Waals surface area contributed by atoms with E-state index in [9.17, 15) is 0 Å². The van der Waals surface area contributed by atoms with Crippen molar-refractivity contribution in [3.8, 4) is 23.0 Å². The highest BCUT2D eigenvalue weighted by molar-refractivity contribution is 6.44. The van der Waals surface area contributed by atoms with E-state index >= 15 is 0 Å². The number of rotatable bonds is 3. The molecule has 0 spiro atoms. The van der Waals surface area contributed by atoms with Gasteiger partial charge in [0, 0.05) is 5.56 Å². The normalized spacial score (nSPS) is 13.2. The lowest BCUT2D eigenvalue weighted by atomic mass is 9.99. The number of nitrogen functional groups attached to an aromatic ring is 2. The molecule has 0 amide bonds. The first-order valence-corrected chi connectivity index (χ1v) is 8.02. The van der Waals surface area contributed by atoms with Gasteiger partial charge in [0.15, 0.2) is 28.8 Å². The number of benzene rings is 1. The third-order valence-electron chi connectivity index (χ3n) is 3.45. The fourth-order valence-electron chi connectivity index (χ4n) is 2.41. The molecule has 1 aromatic heterocycles. The van der Waals surface area contributed by atoms with E-state index in [1.54, 1.807) is 0 Å². The van der Waals surface area contributed by atoms with Crippen molar-refractivity contribution in [1.82, 2.24) is 9.97 Å². The molecule has 128 valence electrons. The van der Waals surface area contributed by atoms with Gasteiger partial charge in [-0.2, -0.15) is 4.98 Å². The summed E-state index contributed by atoms with van der Waals surface area (Å²) in [6.07, 6.45) is 1.38. The molecule has 0 saturated heterocycles. The summed E-state index contributed by atoms with van der Waals surface area (Å²) in [4.78, 5) is 7.75. The van der Waals surface area contributed by atoms with Gasteiger partial charge in [0.2, 0.25) is 5.95 Å². The Labute approximate surface area is 148 Å². The fourth-order valence-corrected chi connectivity index (χ4v) is 2.87. The smallest absolute Gasteiger partial charge is 0.222 e. The largest absolute Gasteiger partial charge is 0.486 e. The Morgan fingerprint density at radius 3 is 2.42 bits per heavy atom. The van der Waals surface area contributed by atoms with E-state index in [-0.39, 0.29) is 33.5 Å². The van der Waals surface area contributed by atoms with Gasteiger partial charge in [-0.25, -0.2) is 4.98 Å². The minimum absolute atomic E-state index is 0.0288. The van der Waals surface area contributed by atoms with Crippen LogP contribution in [0.2, 0.25) is 10.0 Å². The zero-order valence-electron chi connectivity index (χ0n) is 13.1. The summed E-state index contributed by atoms with van der Waals surface area (Å²) in [6.45, 7) is 4.78. The van der Waals surface area contributed by atoms with E-state index in [0.717, 1.165) is 5.56 Å². The second-order valence-corrected chi connectivity index (χ2v) is 6.22. The summed E-state index contributed by atoms with van der Waals surface area (Å²) in [5.41, 5.74) is 12.1. The molecule has 0 radical (unpaired) electrons. The van der Waals surface area contributed by atoms with Gasteiger partial charge in [-0.3, -0.25) is 0 Å². The number of anilines is 2. The number of hydrogen-bond donors (Lipinski definition) is 2. The summed E-state index contributed by atoms with van der Waals surface area (Å²) in [7, 11) is 0. The molecule has 0 unspecified atom stereocenters. The maximum absolute atomic E-state index is 6.41. The standard InChI is InChI=1S/C15H16Cl2N4O3/c1-6(2)8-11(24-7-5-20-15(19)21-14(7)18)9(16)10(17)13-12(8)22-3-4-23-13/h5-6H,3-4H2,1-2H3,(H4,18,19,20,21). The van der Waals surface area contributed by atoms with Crippen LogP contribution in [0.1, 0.15) is 25.3 Å². The minimum atomic E-state index is 0.0288. The highest BCUT2D eigenvalue weighted by atomic mass is 35.5. The number of aromatic nitrogens is 2. The minimum Gasteiger partial charge on any atom is -0.486 e. The fraction of sp³-hybridized carbons (Fsp3) is 0.333. The SMILES string of the molecule is CC(C)c1c(Oc2cnc(N)nc2N)c(Cl)c(Cl)c2c1OCCO2. The zero-order valence-corrected chi connectivity index (χ0v) is 14.6. The molecule has 0 aliphatic carbocycles. The second-order valence-electron chi connectivity index (χ2n) is 5.46. The van der Waals surface area contributed by atoms with Crippen LogP contribution in [-0.2, 0) is 0 Å². The van der Waals surface area contributed by atoms with Crippen LogP contribution in [0.3, 0.4) is 0 Å². The molecule has 9 heteroatoms. The van der Waals surface area contributed by atoms with Gasteiger partial charge in [0.05, 0.1) is 6.20 Å². The predicted molar refractivity (Wildman–Crippen MR) is 92.5 cm³/mol. The van der Waals surface area contributed by atoms with Crippen LogP contribution in [0.15, 0.2) is 6.20 Å². The summed E-state index contributed by atoms with van der Waals surface area (Å²) in [5.74, 6) is 1.68. The van der Waals surface area contributed by atoms with E-state index in [0.29, 0.717) is 30.5 Å². The maximum atomic E-state index is 6.41. The number of nitrogens with two attached hydrogens (primary N) is 2. The molecule has 2 heterocycles. The average molecular weight is 371 g/mol. The lowest BCUT2D eigenvalue weighted by molar-refractivity contribution is 0.169. The monoisotopic (exact) mass is 370 g/mol. The lowest BCUT2D eigenvalue weighted by Gasteiger charge is -2.26. The first-order chi connectivity index (χ1) is 11.4. The molecule has 0 saturated carbocycles. The Bertz CT molecular complexity index is 799. The Hall–Kier alpha value is -2.12. The zero-order chi connectivity index (χ0) is 17.4. The first kappa shape index (κ1) is 16.7. The van der Waals surface area contributed by atoms with Crippen LogP contribution in [0.5, 0.6) is 23.0 Å². The van der Waals surface area contributed by atoms with Crippen molar-refractivity contribution < 1.29 is 14.2 Å². The topological polar surface area (TPSA) is 106 Å². The van der Waals surface area contributed by atoms with Crippen molar-refractivity contribution in [1.29, 1.82) is 0 Å². The van der Waals surface area contributed by atoms with Gasteiger partial charge in [0.1, 0.15) is 23.3 Å². The molecule has 1 aliphatic rings. The van der Waals surface area contributed by atoms with Crippen LogP contribution >= 0.6 is 23.2 Å². The molecule has 1 aliphatic heterocycles. The Morgan fingerprint density at radius 2 is 1.79 bits per heavy atom. The number of nitrogens with zero attached hydrogens (tertiary/aromatic N) is 2. The van der Waals surface area contributed by atoms with Crippen LogP contribution in [0.4, 0.5) is 11.8 Å². The molecule has 0 bridgehead atoms. The Balaban J connectivity index is 2.17. The number of hydrogen-bond acceptors (Lipinski definition) is 7. The van der Waals surface area contributed by atoms with Crippen LogP contribution < -0.4 is 25.7 Å². The van der Waals surface area contributed by atoms with Crippen molar-refractivity contribution in [2.24, 2.45) is 0 Å².